The summed E-state index contributed by atoms with van der Waals surface area (Å²) < 4.78 is 6.22. The topological polar surface area (TPSA) is 61.6 Å². The van der Waals surface area contributed by atoms with Gasteiger partial charge in [0.25, 0.3) is 0 Å². The fraction of sp³-hybridized carbons (Fsp3) is 0.0789. The third-order valence-electron chi connectivity index (χ3n) is 8.73. The number of furan rings is 1. The normalized spacial score (nSPS) is 18.0. The third-order valence-corrected chi connectivity index (χ3v) is 8.73. The Labute approximate surface area is 248 Å². The molecule has 9 rings (SSSR count). The fourth-order valence-corrected chi connectivity index (χ4v) is 6.62. The van der Waals surface area contributed by atoms with Gasteiger partial charge in [-0.3, -0.25) is 5.32 Å². The van der Waals surface area contributed by atoms with Crippen LogP contribution in [0.1, 0.15) is 34.6 Å². The van der Waals surface area contributed by atoms with Gasteiger partial charge in [-0.25, -0.2) is 4.99 Å². The van der Waals surface area contributed by atoms with Gasteiger partial charge in [-0.1, -0.05) is 109 Å². The van der Waals surface area contributed by atoms with Gasteiger partial charge in [0.1, 0.15) is 23.8 Å². The van der Waals surface area contributed by atoms with Crippen LogP contribution in [-0.4, -0.2) is 12.4 Å². The zero-order valence-corrected chi connectivity index (χ0v) is 23.3. The first kappa shape index (κ1) is 24.2. The molecule has 0 radical (unpaired) electrons. The highest BCUT2D eigenvalue weighted by Crippen LogP contribution is 2.37. The number of nitrogens with zero attached hydrogens (tertiary/aromatic N) is 1. The molecule has 0 fully saturated rings. The molecule has 0 amide bonds. The molecule has 0 saturated heterocycles. The second kappa shape index (κ2) is 9.58. The van der Waals surface area contributed by atoms with E-state index in [0.717, 1.165) is 51.5 Å². The maximum atomic E-state index is 6.22. The molecular weight excluding hydrogens is 528 g/mol. The van der Waals surface area contributed by atoms with Crippen molar-refractivity contribution in [2.24, 2.45) is 4.99 Å². The highest BCUT2D eigenvalue weighted by molar-refractivity contribution is 6.13. The number of aliphatic imine (C=N–C) groups is 1. The van der Waals surface area contributed by atoms with Crippen LogP contribution in [-0.2, 0) is 0 Å². The predicted octanol–water partition coefficient (Wildman–Crippen LogP) is 8.67. The van der Waals surface area contributed by atoms with Gasteiger partial charge in [0.2, 0.25) is 5.88 Å². The smallest absolute Gasteiger partial charge is 0.201 e. The van der Waals surface area contributed by atoms with E-state index < -0.39 is 0 Å². The first-order valence-corrected chi connectivity index (χ1v) is 14.8. The predicted molar refractivity (Wildman–Crippen MR) is 177 cm³/mol. The van der Waals surface area contributed by atoms with Crippen LogP contribution in [0.15, 0.2) is 131 Å². The van der Waals surface area contributed by atoms with Crippen LogP contribution >= 0.6 is 0 Å². The minimum atomic E-state index is -0.254. The zero-order chi connectivity index (χ0) is 28.3. The van der Waals surface area contributed by atoms with Crippen LogP contribution in [0, 0.1) is 0 Å². The van der Waals surface area contributed by atoms with Gasteiger partial charge >= 0.3 is 0 Å². The minimum Gasteiger partial charge on any atom is -0.440 e. The Bertz CT molecular complexity index is 2280. The lowest BCUT2D eigenvalue weighted by molar-refractivity contribution is 0.409. The van der Waals surface area contributed by atoms with Crippen molar-refractivity contribution in [1.82, 2.24) is 10.6 Å². The molecule has 6 aromatic carbocycles. The largest absolute Gasteiger partial charge is 0.440 e. The van der Waals surface area contributed by atoms with Gasteiger partial charge in [-0.15, -0.1) is 0 Å². The number of hydrogen-bond acceptors (Lipinski definition) is 5. The molecule has 3 N–H and O–H groups in total. The molecular formula is C38H28N4O. The van der Waals surface area contributed by atoms with Gasteiger partial charge < -0.3 is 15.1 Å². The van der Waals surface area contributed by atoms with E-state index >= 15 is 0 Å². The molecule has 0 saturated carbocycles. The van der Waals surface area contributed by atoms with Crippen molar-refractivity contribution in [2.45, 2.75) is 12.3 Å². The van der Waals surface area contributed by atoms with Crippen molar-refractivity contribution >= 4 is 61.1 Å². The number of nitrogens with one attached hydrogen (secondary N) is 3. The molecule has 2 aliphatic rings. The lowest BCUT2D eigenvalue weighted by Gasteiger charge is -2.32. The number of hydrogen-bond donors (Lipinski definition) is 3. The van der Waals surface area contributed by atoms with Crippen LogP contribution in [0.4, 0.5) is 5.88 Å². The van der Waals surface area contributed by atoms with E-state index in [0.29, 0.717) is 0 Å². The lowest BCUT2D eigenvalue weighted by Crippen LogP contribution is -2.45. The van der Waals surface area contributed by atoms with Gasteiger partial charge in [0.15, 0.2) is 0 Å². The summed E-state index contributed by atoms with van der Waals surface area (Å²) in [4.78, 5) is 5.32. The maximum Gasteiger partial charge on any atom is 0.201 e. The second-order valence-electron chi connectivity index (χ2n) is 11.3. The standard InChI is InChI=1S/C38H28N4O/c1-2-9-25-21-27(17-14-23(25)7-1)35-40-36(28-18-19-30-26(22-28)16-15-24-8-3-4-10-29(24)30)42-37(41-35)31-11-5-13-33-34(31)32-12-6-20-39-38(32)43-33/h1-19,21-22,35-36,39-40H,20H2,(H,41,42). The Morgan fingerprint density at radius 1 is 0.674 bits per heavy atom. The summed E-state index contributed by atoms with van der Waals surface area (Å²) in [5.41, 5.74) is 5.22. The molecule has 43 heavy (non-hydrogen) atoms. The van der Waals surface area contributed by atoms with Crippen molar-refractivity contribution in [3.63, 3.8) is 0 Å². The van der Waals surface area contributed by atoms with Crippen LogP contribution in [0.3, 0.4) is 0 Å². The van der Waals surface area contributed by atoms with Crippen LogP contribution in [0.25, 0.3) is 49.4 Å². The third kappa shape index (κ3) is 4.01. The summed E-state index contributed by atoms with van der Waals surface area (Å²) in [7, 11) is 0. The first-order valence-electron chi connectivity index (χ1n) is 14.8. The molecule has 0 bridgehead atoms. The summed E-state index contributed by atoms with van der Waals surface area (Å²) >= 11 is 0. The van der Waals surface area contributed by atoms with E-state index in [9.17, 15) is 0 Å². The molecule has 206 valence electrons. The van der Waals surface area contributed by atoms with E-state index in [1.165, 1.54) is 32.3 Å². The molecule has 3 heterocycles. The van der Waals surface area contributed by atoms with Gasteiger partial charge in [-0.05, 0) is 61.6 Å². The van der Waals surface area contributed by atoms with Crippen molar-refractivity contribution in [2.75, 3.05) is 11.9 Å². The van der Waals surface area contributed by atoms with Crippen molar-refractivity contribution in [1.29, 1.82) is 0 Å². The number of amidine groups is 1. The number of fused-ring (bicyclic) bond motifs is 7. The molecule has 5 heteroatoms. The molecule has 0 aliphatic carbocycles. The Kier molecular flexibility index (Phi) is 5.40. The van der Waals surface area contributed by atoms with Crippen LogP contribution in [0.5, 0.6) is 0 Å². The Morgan fingerprint density at radius 3 is 2.40 bits per heavy atom. The monoisotopic (exact) mass is 556 g/mol. The van der Waals surface area contributed by atoms with Crippen molar-refractivity contribution in [3.05, 3.63) is 144 Å². The number of anilines is 1. The summed E-state index contributed by atoms with van der Waals surface area (Å²) in [6.07, 6.45) is 3.87. The number of benzene rings is 6. The molecule has 0 spiro atoms. The lowest BCUT2D eigenvalue weighted by atomic mass is 9.98. The molecule has 2 aliphatic heterocycles. The first-order chi connectivity index (χ1) is 21.3. The second-order valence-corrected chi connectivity index (χ2v) is 11.3. The van der Waals surface area contributed by atoms with Gasteiger partial charge in [0, 0.05) is 23.1 Å². The number of rotatable bonds is 3. The minimum absolute atomic E-state index is 0.152. The zero-order valence-electron chi connectivity index (χ0n) is 23.3. The van der Waals surface area contributed by atoms with E-state index in [1.807, 2.05) is 12.1 Å². The maximum absolute atomic E-state index is 6.22. The average molecular weight is 557 g/mol. The van der Waals surface area contributed by atoms with Crippen molar-refractivity contribution in [3.8, 4) is 0 Å². The summed E-state index contributed by atoms with van der Waals surface area (Å²) in [5, 5.41) is 19.4. The summed E-state index contributed by atoms with van der Waals surface area (Å²) in [6.45, 7) is 0.759. The van der Waals surface area contributed by atoms with Crippen LogP contribution in [0.2, 0.25) is 0 Å². The Hall–Kier alpha value is -5.39. The molecule has 2 atom stereocenters. The molecule has 2 unspecified atom stereocenters. The molecule has 1 aromatic heterocycles. The van der Waals surface area contributed by atoms with Crippen LogP contribution < -0.4 is 16.0 Å². The highest BCUT2D eigenvalue weighted by Gasteiger charge is 2.28. The summed E-state index contributed by atoms with van der Waals surface area (Å²) in [6, 6.07) is 41.1. The Balaban J connectivity index is 1.21. The molecule has 5 nitrogen and oxygen atoms in total. The van der Waals surface area contributed by atoms with E-state index in [1.54, 1.807) is 0 Å². The fourth-order valence-electron chi connectivity index (χ4n) is 6.62. The van der Waals surface area contributed by atoms with E-state index in [-0.39, 0.29) is 12.3 Å². The quantitative estimate of drug-likeness (QED) is 0.191. The highest BCUT2D eigenvalue weighted by atomic mass is 16.3. The van der Waals surface area contributed by atoms with Gasteiger partial charge in [0.05, 0.1) is 0 Å². The van der Waals surface area contributed by atoms with E-state index in [2.05, 4.69) is 131 Å². The SMILES string of the molecule is C1=Cc2c(oc3cccc(C4=NC(c5ccc6c(ccc7ccccc76)c5)NC(c5ccc6ccccc6c5)N4)c23)NC1. The van der Waals surface area contributed by atoms with E-state index in [4.69, 9.17) is 9.41 Å². The average Bonchev–Trinajstić information content (AvgIpc) is 3.46. The summed E-state index contributed by atoms with van der Waals surface area (Å²) in [5.74, 6) is 1.65. The van der Waals surface area contributed by atoms with Gasteiger partial charge in [-0.2, -0.15) is 0 Å². The Morgan fingerprint density at radius 2 is 1.44 bits per heavy atom. The molecule has 7 aromatic rings. The van der Waals surface area contributed by atoms with Crippen molar-refractivity contribution < 1.29 is 4.42 Å².